The maximum atomic E-state index is 14.3. The van der Waals surface area contributed by atoms with E-state index in [4.69, 9.17) is 4.74 Å². The van der Waals surface area contributed by atoms with Crippen LogP contribution in [0.5, 0.6) is 5.75 Å². The first kappa shape index (κ1) is 37.8. The average molecular weight is 721 g/mol. The number of ether oxygens (including phenoxy) is 1. The van der Waals surface area contributed by atoms with Gasteiger partial charge in [0.15, 0.2) is 12.4 Å². The topological polar surface area (TPSA) is 101 Å². The van der Waals surface area contributed by atoms with E-state index in [-0.39, 0.29) is 19.0 Å². The molecule has 0 spiro atoms. The van der Waals surface area contributed by atoms with E-state index < -0.39 is 20.4 Å². The second-order valence-electron chi connectivity index (χ2n) is 14.2. The van der Waals surface area contributed by atoms with Crippen molar-refractivity contribution >= 4 is 31.8 Å². The van der Waals surface area contributed by atoms with Crippen molar-refractivity contribution in [1.82, 2.24) is 17.8 Å². The van der Waals surface area contributed by atoms with Gasteiger partial charge in [0.1, 0.15) is 5.75 Å². The molecule has 1 saturated carbocycles. The molecule has 0 unspecified atom stereocenters. The number of piperazine rings is 1. The highest BCUT2D eigenvalue weighted by molar-refractivity contribution is 7.86. The Morgan fingerprint density at radius 2 is 1.37 bits per heavy atom. The average Bonchev–Trinajstić information content (AvgIpc) is 3.10. The Bertz CT molecular complexity index is 1540. The summed E-state index contributed by atoms with van der Waals surface area (Å²) in [4.78, 5) is 6.57. The minimum absolute atomic E-state index is 0.209. The molecule has 0 radical (unpaired) electrons. The summed E-state index contributed by atoms with van der Waals surface area (Å²) in [5.41, 5.74) is 1.88. The number of rotatable bonds is 9. The lowest BCUT2D eigenvalue weighted by molar-refractivity contribution is -0.516. The SMILES string of the molecule is COc1ccccc1N1CCN(S(=O)(=O)N2CCCN(CC3CCCCC3)CCCN(S(=O)(=O)[n+]3ccc(N(C)C)cc3)C[C@H](C)C2)CC1. The van der Waals surface area contributed by atoms with Crippen LogP contribution in [-0.2, 0) is 20.4 Å². The molecule has 2 aliphatic heterocycles. The van der Waals surface area contributed by atoms with E-state index in [2.05, 4.69) is 9.80 Å². The van der Waals surface area contributed by atoms with Crippen molar-refractivity contribution in [3.05, 3.63) is 48.8 Å². The second kappa shape index (κ2) is 17.1. The summed E-state index contributed by atoms with van der Waals surface area (Å²) in [6.45, 7) is 7.70. The normalized spacial score (nSPS) is 22.7. The van der Waals surface area contributed by atoms with Gasteiger partial charge >= 0.3 is 10.2 Å². The first-order valence-electron chi connectivity index (χ1n) is 18.0. The van der Waals surface area contributed by atoms with Crippen molar-refractivity contribution in [3.8, 4) is 5.75 Å². The van der Waals surface area contributed by atoms with Gasteiger partial charge in [0, 0.05) is 90.8 Å². The summed E-state index contributed by atoms with van der Waals surface area (Å²) in [5, 5.41) is 0. The van der Waals surface area contributed by atoms with Crippen LogP contribution in [0.3, 0.4) is 0 Å². The molecule has 1 atom stereocenters. The number of benzene rings is 1. The van der Waals surface area contributed by atoms with Crippen LogP contribution < -0.4 is 18.5 Å². The molecule has 1 aromatic carbocycles. The molecule has 1 aliphatic carbocycles. The third-order valence-electron chi connectivity index (χ3n) is 10.2. The van der Waals surface area contributed by atoms with E-state index in [0.717, 1.165) is 49.6 Å². The lowest BCUT2D eigenvalue weighted by Crippen LogP contribution is -2.56. The lowest BCUT2D eigenvalue weighted by atomic mass is 9.89. The monoisotopic (exact) mass is 720 g/mol. The molecule has 0 amide bonds. The Morgan fingerprint density at radius 1 is 0.755 bits per heavy atom. The molecule has 3 fully saturated rings. The van der Waals surface area contributed by atoms with Crippen LogP contribution >= 0.6 is 0 Å². The summed E-state index contributed by atoms with van der Waals surface area (Å²) < 4.78 is 68.4. The maximum absolute atomic E-state index is 14.3. The number of aromatic nitrogens is 1. The summed E-state index contributed by atoms with van der Waals surface area (Å²) in [6, 6.07) is 11.4. The van der Waals surface area contributed by atoms with Crippen LogP contribution in [0.4, 0.5) is 11.4 Å². The summed E-state index contributed by atoms with van der Waals surface area (Å²) >= 11 is 0. The molecule has 12 nitrogen and oxygen atoms in total. The molecule has 274 valence electrons. The number of para-hydroxylation sites is 2. The Hall–Kier alpha value is -2.49. The van der Waals surface area contributed by atoms with Gasteiger partial charge in [0.05, 0.1) is 12.8 Å². The van der Waals surface area contributed by atoms with Crippen LogP contribution in [-0.4, -0.2) is 128 Å². The Balaban J connectivity index is 1.34. The van der Waals surface area contributed by atoms with E-state index in [1.807, 2.05) is 50.2 Å². The molecule has 1 aromatic heterocycles. The van der Waals surface area contributed by atoms with Crippen molar-refractivity contribution in [3.63, 3.8) is 0 Å². The van der Waals surface area contributed by atoms with Crippen molar-refractivity contribution < 1.29 is 25.5 Å². The molecule has 14 heteroatoms. The first-order chi connectivity index (χ1) is 23.5. The highest BCUT2D eigenvalue weighted by Gasteiger charge is 2.37. The molecular weight excluding hydrogens is 663 g/mol. The molecule has 49 heavy (non-hydrogen) atoms. The molecule has 2 aromatic rings. The van der Waals surface area contributed by atoms with Gasteiger partial charge in [-0.05, 0) is 62.7 Å². The fourth-order valence-electron chi connectivity index (χ4n) is 7.53. The first-order valence-corrected chi connectivity index (χ1v) is 20.8. The van der Waals surface area contributed by atoms with Crippen LogP contribution in [0.15, 0.2) is 48.8 Å². The van der Waals surface area contributed by atoms with Crippen molar-refractivity contribution in [2.24, 2.45) is 11.8 Å². The van der Waals surface area contributed by atoms with E-state index in [1.54, 1.807) is 44.6 Å². The smallest absolute Gasteiger partial charge is 0.447 e. The Labute approximate surface area is 295 Å². The zero-order valence-corrected chi connectivity index (χ0v) is 31.6. The predicted molar refractivity (Wildman–Crippen MR) is 196 cm³/mol. The predicted octanol–water partition coefficient (Wildman–Crippen LogP) is 3.12. The lowest BCUT2D eigenvalue weighted by Gasteiger charge is -2.39. The number of anilines is 2. The summed E-state index contributed by atoms with van der Waals surface area (Å²) in [7, 11) is -2.15. The number of hydrogen-bond donors (Lipinski definition) is 0. The van der Waals surface area contributed by atoms with Gasteiger partial charge in [-0.25, -0.2) is 0 Å². The fourth-order valence-corrected chi connectivity index (χ4v) is 10.8. The minimum Gasteiger partial charge on any atom is -0.495 e. The van der Waals surface area contributed by atoms with Gasteiger partial charge in [-0.3, -0.25) is 0 Å². The van der Waals surface area contributed by atoms with Crippen LogP contribution in [0.2, 0.25) is 0 Å². The van der Waals surface area contributed by atoms with E-state index in [9.17, 15) is 16.8 Å². The number of hydrogen-bond acceptors (Lipinski definition) is 8. The molecule has 2 saturated heterocycles. The van der Waals surface area contributed by atoms with E-state index in [0.29, 0.717) is 45.2 Å². The van der Waals surface area contributed by atoms with Gasteiger partial charge < -0.3 is 19.4 Å². The maximum Gasteiger partial charge on any atom is 0.447 e. The van der Waals surface area contributed by atoms with Gasteiger partial charge in [-0.2, -0.15) is 17.0 Å². The van der Waals surface area contributed by atoms with Crippen molar-refractivity contribution in [2.45, 2.75) is 51.9 Å². The Morgan fingerprint density at radius 3 is 2.00 bits per heavy atom. The summed E-state index contributed by atoms with van der Waals surface area (Å²) in [5.74, 6) is 1.21. The highest BCUT2D eigenvalue weighted by atomic mass is 32.2. The highest BCUT2D eigenvalue weighted by Crippen LogP contribution is 2.29. The second-order valence-corrected chi connectivity index (χ2v) is 17.9. The summed E-state index contributed by atoms with van der Waals surface area (Å²) in [6.07, 6.45) is 11.0. The largest absolute Gasteiger partial charge is 0.495 e. The van der Waals surface area contributed by atoms with Crippen LogP contribution in [0.25, 0.3) is 0 Å². The Kier molecular flexibility index (Phi) is 13.2. The van der Waals surface area contributed by atoms with Gasteiger partial charge in [-0.15, -0.1) is 12.7 Å². The zero-order chi connectivity index (χ0) is 35.0. The van der Waals surface area contributed by atoms with Crippen LogP contribution in [0, 0.1) is 11.8 Å². The molecular formula is C35H58N7O5S2+. The van der Waals surface area contributed by atoms with Gasteiger partial charge in [-0.1, -0.05) is 42.3 Å². The van der Waals surface area contributed by atoms with E-state index in [1.165, 1.54) is 36.1 Å². The fraction of sp³-hybridized carbons (Fsp3) is 0.686. The number of pyridine rings is 1. The quantitative estimate of drug-likeness (QED) is 0.365. The molecule has 3 aliphatic rings. The number of nitrogens with zero attached hydrogens (tertiary/aromatic N) is 7. The number of methoxy groups -OCH3 is 1. The van der Waals surface area contributed by atoms with Crippen molar-refractivity contribution in [2.75, 3.05) is 103 Å². The standard InChI is InChI=1S/C35H58N7O5S2/c1-31-28-41(48(43,44)39-22-16-33(17-23-39)36(2)3)20-10-18-37(30-32-12-6-5-7-13-32)19-11-21-42(29-31)49(45,46)40-26-24-38(25-27-40)34-14-8-9-15-35(34)47-4/h8-9,14-17,22-23,31-32H,5-7,10-13,18-21,24-30H2,1-4H3/q+1/t31-/m0/s1. The van der Waals surface area contributed by atoms with E-state index >= 15 is 0 Å². The minimum atomic E-state index is -3.86. The molecule has 5 rings (SSSR count). The zero-order valence-electron chi connectivity index (χ0n) is 30.0. The molecule has 0 N–H and O–H groups in total. The molecule has 0 bridgehead atoms. The third-order valence-corrected chi connectivity index (χ3v) is 14.0. The van der Waals surface area contributed by atoms with Crippen LogP contribution in [0.1, 0.15) is 51.9 Å². The third kappa shape index (κ3) is 9.65. The molecule has 3 heterocycles. The van der Waals surface area contributed by atoms with Crippen molar-refractivity contribution in [1.29, 1.82) is 0 Å². The van der Waals surface area contributed by atoms with Gasteiger partial charge in [0.25, 0.3) is 10.2 Å². The van der Waals surface area contributed by atoms with Gasteiger partial charge in [0.2, 0.25) is 0 Å².